The average Bonchev–Trinajstić information content (AvgIpc) is 3.32. The number of hydrogen-bond acceptors (Lipinski definition) is 6. The summed E-state index contributed by atoms with van der Waals surface area (Å²) in [5.74, 6) is 0.721. The summed E-state index contributed by atoms with van der Waals surface area (Å²) in [7, 11) is 3.05. The molecule has 1 heterocycles. The fraction of sp³-hybridized carbons (Fsp3) is 0.273. The lowest BCUT2D eigenvalue weighted by atomic mass is 10.0. The molecule has 0 aliphatic rings. The van der Waals surface area contributed by atoms with E-state index < -0.39 is 0 Å². The van der Waals surface area contributed by atoms with E-state index in [2.05, 4.69) is 15.4 Å². The largest absolute Gasteiger partial charge is 0.493 e. The van der Waals surface area contributed by atoms with Crippen LogP contribution >= 0.6 is 0 Å². The minimum atomic E-state index is -0.184. The maximum atomic E-state index is 12.4. The normalized spacial score (nSPS) is 11.6. The number of hydrogen-bond donors (Lipinski definition) is 1. The predicted octanol–water partition coefficient (Wildman–Crippen LogP) is 3.12. The van der Waals surface area contributed by atoms with Gasteiger partial charge in [0, 0.05) is 18.4 Å². The molecular formula is C22H24N4O4. The molecule has 3 aromatic rings. The van der Waals surface area contributed by atoms with Crippen molar-refractivity contribution in [2.45, 2.75) is 25.8 Å². The van der Waals surface area contributed by atoms with Crippen molar-refractivity contribution in [3.8, 4) is 17.2 Å². The minimum Gasteiger partial charge on any atom is -0.493 e. The van der Waals surface area contributed by atoms with Gasteiger partial charge in [0.15, 0.2) is 17.3 Å². The lowest BCUT2D eigenvalue weighted by molar-refractivity contribution is -0.121. The summed E-state index contributed by atoms with van der Waals surface area (Å²) < 4.78 is 12.1. The van der Waals surface area contributed by atoms with Gasteiger partial charge in [-0.05, 0) is 42.8 Å². The zero-order valence-electron chi connectivity index (χ0n) is 17.2. The lowest BCUT2D eigenvalue weighted by Gasteiger charge is -2.15. The van der Waals surface area contributed by atoms with Gasteiger partial charge in [0.2, 0.25) is 5.91 Å². The molecule has 0 saturated carbocycles. The molecule has 2 aromatic carbocycles. The summed E-state index contributed by atoms with van der Waals surface area (Å²) in [4.78, 5) is 28.7. The standard InChI is InChI=1S/C22H24N4O4/c1-15(16-4-7-18(8-5-16)26-14-23-13-24-26)25-22(28)11-9-19(27)17-6-10-20(29-2)21(12-17)30-3/h4-8,10,12-15H,9,11H2,1-3H3,(H,25,28)/t15-/m1/s1. The third-order valence-electron chi connectivity index (χ3n) is 4.74. The van der Waals surface area contributed by atoms with Crippen molar-refractivity contribution < 1.29 is 19.1 Å². The number of methoxy groups -OCH3 is 2. The lowest BCUT2D eigenvalue weighted by Crippen LogP contribution is -2.27. The maximum absolute atomic E-state index is 12.4. The minimum absolute atomic E-state index is 0.106. The second kappa shape index (κ2) is 9.69. The van der Waals surface area contributed by atoms with Crippen LogP contribution < -0.4 is 14.8 Å². The number of carbonyl (C=O) groups excluding carboxylic acids is 2. The number of rotatable bonds is 9. The monoisotopic (exact) mass is 408 g/mol. The third-order valence-corrected chi connectivity index (χ3v) is 4.74. The quantitative estimate of drug-likeness (QED) is 0.547. The van der Waals surface area contributed by atoms with Crippen molar-refractivity contribution in [3.63, 3.8) is 0 Å². The van der Waals surface area contributed by atoms with Crippen molar-refractivity contribution in [2.75, 3.05) is 14.2 Å². The van der Waals surface area contributed by atoms with Gasteiger partial charge in [-0.15, -0.1) is 0 Å². The molecule has 0 aliphatic heterocycles. The number of ether oxygens (including phenoxy) is 2. The highest BCUT2D eigenvalue weighted by atomic mass is 16.5. The van der Waals surface area contributed by atoms with E-state index in [0.29, 0.717) is 17.1 Å². The van der Waals surface area contributed by atoms with Crippen molar-refractivity contribution in [1.29, 1.82) is 0 Å². The molecule has 8 heteroatoms. The topological polar surface area (TPSA) is 95.3 Å². The number of aromatic nitrogens is 3. The fourth-order valence-corrected chi connectivity index (χ4v) is 3.04. The first-order chi connectivity index (χ1) is 14.5. The Labute approximate surface area is 174 Å². The Kier molecular flexibility index (Phi) is 6.79. The molecule has 8 nitrogen and oxygen atoms in total. The molecule has 30 heavy (non-hydrogen) atoms. The third kappa shape index (κ3) is 5.02. The molecule has 1 N–H and O–H groups in total. The number of benzene rings is 2. The van der Waals surface area contributed by atoms with Crippen molar-refractivity contribution >= 4 is 11.7 Å². The van der Waals surface area contributed by atoms with Crippen LogP contribution in [0.1, 0.15) is 41.7 Å². The van der Waals surface area contributed by atoms with Gasteiger partial charge in [-0.2, -0.15) is 5.10 Å². The second-order valence-electron chi connectivity index (χ2n) is 6.71. The summed E-state index contributed by atoms with van der Waals surface area (Å²) >= 11 is 0. The van der Waals surface area contributed by atoms with Gasteiger partial charge < -0.3 is 14.8 Å². The van der Waals surface area contributed by atoms with E-state index in [1.54, 1.807) is 29.2 Å². The van der Waals surface area contributed by atoms with E-state index in [9.17, 15) is 9.59 Å². The molecule has 0 unspecified atom stereocenters. The molecule has 0 radical (unpaired) electrons. The van der Waals surface area contributed by atoms with Crippen LogP contribution in [0.4, 0.5) is 0 Å². The van der Waals surface area contributed by atoms with Gasteiger partial charge in [0.05, 0.1) is 25.9 Å². The predicted molar refractivity (Wildman–Crippen MR) is 111 cm³/mol. The maximum Gasteiger partial charge on any atom is 0.220 e. The van der Waals surface area contributed by atoms with Crippen LogP contribution in [0.3, 0.4) is 0 Å². The number of nitrogens with zero attached hydrogens (tertiary/aromatic N) is 3. The highest BCUT2D eigenvalue weighted by Gasteiger charge is 2.14. The summed E-state index contributed by atoms with van der Waals surface area (Å²) in [6.45, 7) is 1.90. The molecule has 0 fully saturated rings. The Balaban J connectivity index is 1.53. The molecule has 1 aromatic heterocycles. The Morgan fingerprint density at radius 3 is 2.40 bits per heavy atom. The van der Waals surface area contributed by atoms with Crippen molar-refractivity contribution in [3.05, 3.63) is 66.2 Å². The number of ketones is 1. The summed E-state index contributed by atoms with van der Waals surface area (Å²) in [5.41, 5.74) is 2.32. The van der Waals surface area contributed by atoms with Crippen LogP contribution in [-0.4, -0.2) is 40.7 Å². The van der Waals surface area contributed by atoms with E-state index in [-0.39, 0.29) is 30.6 Å². The zero-order valence-corrected chi connectivity index (χ0v) is 17.2. The van der Waals surface area contributed by atoms with Crippen LogP contribution in [0, 0.1) is 0 Å². The highest BCUT2D eigenvalue weighted by molar-refractivity contribution is 5.98. The Morgan fingerprint density at radius 2 is 1.77 bits per heavy atom. The number of amides is 1. The molecular weight excluding hydrogens is 384 g/mol. The number of carbonyl (C=O) groups is 2. The summed E-state index contributed by atoms with van der Waals surface area (Å²) in [5, 5.41) is 7.01. The van der Waals surface area contributed by atoms with Gasteiger partial charge in [-0.3, -0.25) is 9.59 Å². The van der Waals surface area contributed by atoms with E-state index in [1.165, 1.54) is 20.5 Å². The first-order valence-electron chi connectivity index (χ1n) is 9.51. The van der Waals surface area contributed by atoms with Crippen LogP contribution in [0.15, 0.2) is 55.1 Å². The number of Topliss-reactive ketones (excluding diaryl/α,β-unsaturated/α-hetero) is 1. The molecule has 0 spiro atoms. The van der Waals surface area contributed by atoms with Gasteiger partial charge in [-0.25, -0.2) is 9.67 Å². The average molecular weight is 408 g/mol. The van der Waals surface area contributed by atoms with E-state index >= 15 is 0 Å². The van der Waals surface area contributed by atoms with Gasteiger partial charge in [0.1, 0.15) is 12.7 Å². The second-order valence-corrected chi connectivity index (χ2v) is 6.71. The SMILES string of the molecule is COc1ccc(C(=O)CCC(=O)N[C@H](C)c2ccc(-n3cncn3)cc2)cc1OC. The summed E-state index contributed by atoms with van der Waals surface area (Å²) in [6, 6.07) is 12.5. The van der Waals surface area contributed by atoms with Gasteiger partial charge in [-0.1, -0.05) is 12.1 Å². The molecule has 0 aliphatic carbocycles. The first-order valence-corrected chi connectivity index (χ1v) is 9.51. The van der Waals surface area contributed by atoms with E-state index in [4.69, 9.17) is 9.47 Å². The van der Waals surface area contributed by atoms with Crippen LogP contribution in [-0.2, 0) is 4.79 Å². The van der Waals surface area contributed by atoms with Gasteiger partial charge in [0.25, 0.3) is 0 Å². The van der Waals surface area contributed by atoms with Crippen LogP contribution in [0.2, 0.25) is 0 Å². The molecule has 3 rings (SSSR count). The smallest absolute Gasteiger partial charge is 0.220 e. The first kappa shape index (κ1) is 21.0. The number of nitrogens with one attached hydrogen (secondary N) is 1. The van der Waals surface area contributed by atoms with E-state index in [1.807, 2.05) is 31.2 Å². The Hall–Kier alpha value is -3.68. The van der Waals surface area contributed by atoms with Crippen LogP contribution in [0.25, 0.3) is 5.69 Å². The molecule has 1 amide bonds. The summed E-state index contributed by atoms with van der Waals surface area (Å²) in [6.07, 6.45) is 3.31. The van der Waals surface area contributed by atoms with Crippen LogP contribution in [0.5, 0.6) is 11.5 Å². The molecule has 0 saturated heterocycles. The molecule has 1 atom stereocenters. The Morgan fingerprint density at radius 1 is 1.03 bits per heavy atom. The Bertz CT molecular complexity index is 1000. The van der Waals surface area contributed by atoms with E-state index in [0.717, 1.165) is 11.3 Å². The zero-order chi connectivity index (χ0) is 21.5. The van der Waals surface area contributed by atoms with Gasteiger partial charge >= 0.3 is 0 Å². The molecule has 0 bridgehead atoms. The fourth-order valence-electron chi connectivity index (χ4n) is 3.04. The molecule has 156 valence electrons. The highest BCUT2D eigenvalue weighted by Crippen LogP contribution is 2.28. The van der Waals surface area contributed by atoms with Crippen molar-refractivity contribution in [2.24, 2.45) is 0 Å². The van der Waals surface area contributed by atoms with Crippen molar-refractivity contribution in [1.82, 2.24) is 20.1 Å².